The first kappa shape index (κ1) is 13.7. The van der Waals surface area contributed by atoms with E-state index in [-0.39, 0.29) is 5.41 Å². The van der Waals surface area contributed by atoms with Crippen LogP contribution in [0.4, 0.5) is 19.0 Å². The van der Waals surface area contributed by atoms with Crippen molar-refractivity contribution in [1.82, 2.24) is 10.3 Å². The number of alkyl halides is 3. The average Bonchev–Trinajstić information content (AvgIpc) is 2.83. The second-order valence-electron chi connectivity index (χ2n) is 5.82. The molecule has 0 unspecified atom stereocenters. The van der Waals surface area contributed by atoms with E-state index in [1.54, 1.807) is 0 Å². The molecule has 1 N–H and O–H groups in total. The lowest BCUT2D eigenvalue weighted by molar-refractivity contribution is -0.137. The van der Waals surface area contributed by atoms with Crippen LogP contribution in [0.2, 0.25) is 0 Å². The van der Waals surface area contributed by atoms with Crippen molar-refractivity contribution in [3.05, 3.63) is 23.9 Å². The van der Waals surface area contributed by atoms with Gasteiger partial charge in [0, 0.05) is 19.3 Å². The van der Waals surface area contributed by atoms with Gasteiger partial charge in [0.05, 0.1) is 5.56 Å². The van der Waals surface area contributed by atoms with Gasteiger partial charge in [-0.05, 0) is 49.9 Å². The maximum atomic E-state index is 12.7. The highest BCUT2D eigenvalue weighted by Gasteiger charge is 2.40. The smallest absolute Gasteiger partial charge is 0.356 e. The molecular weight excluding hydrogens is 267 g/mol. The highest BCUT2D eigenvalue weighted by Crippen LogP contribution is 2.40. The molecule has 0 aromatic carbocycles. The molecule has 6 heteroatoms. The maximum Gasteiger partial charge on any atom is 0.416 e. The van der Waals surface area contributed by atoms with E-state index < -0.39 is 11.7 Å². The molecule has 1 aromatic heterocycles. The van der Waals surface area contributed by atoms with Crippen LogP contribution in [-0.2, 0) is 6.18 Å². The third-order valence-corrected chi connectivity index (χ3v) is 4.50. The fourth-order valence-corrected chi connectivity index (χ4v) is 3.26. The fraction of sp³-hybridized carbons (Fsp3) is 0.643. The Kier molecular flexibility index (Phi) is 3.36. The number of halogens is 3. The second-order valence-corrected chi connectivity index (χ2v) is 5.82. The third-order valence-electron chi connectivity index (χ3n) is 4.50. The van der Waals surface area contributed by atoms with E-state index in [0.717, 1.165) is 51.5 Å². The summed E-state index contributed by atoms with van der Waals surface area (Å²) in [5, 5.41) is 3.34. The van der Waals surface area contributed by atoms with Crippen molar-refractivity contribution in [2.45, 2.75) is 25.4 Å². The lowest BCUT2D eigenvalue weighted by Crippen LogP contribution is -2.38. The quantitative estimate of drug-likeness (QED) is 0.860. The SMILES string of the molecule is FC(F)(F)c1ccnc(N2CCC3(CCNCC3)C2)c1. The fourth-order valence-electron chi connectivity index (χ4n) is 3.26. The van der Waals surface area contributed by atoms with Crippen LogP contribution in [0.5, 0.6) is 0 Å². The lowest BCUT2D eigenvalue weighted by atomic mass is 9.78. The summed E-state index contributed by atoms with van der Waals surface area (Å²) in [5.74, 6) is 0.454. The summed E-state index contributed by atoms with van der Waals surface area (Å²) < 4.78 is 38.2. The number of piperidine rings is 1. The van der Waals surface area contributed by atoms with E-state index in [2.05, 4.69) is 10.3 Å². The van der Waals surface area contributed by atoms with Crippen molar-refractivity contribution >= 4 is 5.82 Å². The van der Waals surface area contributed by atoms with Crippen LogP contribution in [0, 0.1) is 5.41 Å². The molecule has 20 heavy (non-hydrogen) atoms. The van der Waals surface area contributed by atoms with Crippen molar-refractivity contribution in [2.75, 3.05) is 31.1 Å². The number of nitrogens with one attached hydrogen (secondary N) is 1. The summed E-state index contributed by atoms with van der Waals surface area (Å²) in [5.41, 5.74) is -0.352. The number of hydrogen-bond acceptors (Lipinski definition) is 3. The standard InChI is InChI=1S/C14H18F3N3/c15-14(16,17)11-1-5-19-12(9-11)20-8-4-13(10-20)2-6-18-7-3-13/h1,5,9,18H,2-4,6-8,10H2. The molecule has 0 bridgehead atoms. The van der Waals surface area contributed by atoms with E-state index in [9.17, 15) is 13.2 Å². The molecule has 2 fully saturated rings. The Bertz CT molecular complexity index is 481. The second kappa shape index (κ2) is 4.91. The maximum absolute atomic E-state index is 12.7. The zero-order valence-electron chi connectivity index (χ0n) is 11.2. The van der Waals surface area contributed by atoms with Gasteiger partial charge in [0.2, 0.25) is 0 Å². The first-order chi connectivity index (χ1) is 9.49. The highest BCUT2D eigenvalue weighted by molar-refractivity contribution is 5.43. The molecule has 3 rings (SSSR count). The monoisotopic (exact) mass is 285 g/mol. The Balaban J connectivity index is 1.77. The number of aromatic nitrogens is 1. The minimum atomic E-state index is -4.30. The Morgan fingerprint density at radius 1 is 1.20 bits per heavy atom. The Morgan fingerprint density at radius 3 is 2.65 bits per heavy atom. The zero-order chi connectivity index (χ0) is 14.2. The van der Waals surface area contributed by atoms with Crippen LogP contribution in [-0.4, -0.2) is 31.2 Å². The average molecular weight is 285 g/mol. The molecule has 1 aromatic rings. The van der Waals surface area contributed by atoms with Crippen LogP contribution in [0.15, 0.2) is 18.3 Å². The molecule has 3 heterocycles. The van der Waals surface area contributed by atoms with Crippen LogP contribution in [0.1, 0.15) is 24.8 Å². The molecule has 2 aliphatic heterocycles. The van der Waals surface area contributed by atoms with E-state index in [4.69, 9.17) is 0 Å². The molecular formula is C14H18F3N3. The molecule has 0 atom stereocenters. The highest BCUT2D eigenvalue weighted by atomic mass is 19.4. The first-order valence-electron chi connectivity index (χ1n) is 6.98. The third kappa shape index (κ3) is 2.61. The molecule has 0 amide bonds. The molecule has 0 radical (unpaired) electrons. The van der Waals surface area contributed by atoms with Crippen molar-refractivity contribution in [1.29, 1.82) is 0 Å². The van der Waals surface area contributed by atoms with Crippen LogP contribution in [0.3, 0.4) is 0 Å². The van der Waals surface area contributed by atoms with E-state index >= 15 is 0 Å². The van der Waals surface area contributed by atoms with Gasteiger partial charge in [0.25, 0.3) is 0 Å². The summed E-state index contributed by atoms with van der Waals surface area (Å²) in [7, 11) is 0. The Hall–Kier alpha value is -1.30. The van der Waals surface area contributed by atoms with E-state index in [1.165, 1.54) is 12.3 Å². The van der Waals surface area contributed by atoms with E-state index in [0.29, 0.717) is 5.82 Å². The number of hydrogen-bond donors (Lipinski definition) is 1. The van der Waals surface area contributed by atoms with Gasteiger partial charge in [-0.15, -0.1) is 0 Å². The zero-order valence-corrected chi connectivity index (χ0v) is 11.2. The van der Waals surface area contributed by atoms with Gasteiger partial charge in [-0.25, -0.2) is 4.98 Å². The molecule has 110 valence electrons. The number of anilines is 1. The van der Waals surface area contributed by atoms with E-state index in [1.807, 2.05) is 4.90 Å². The predicted molar refractivity (Wildman–Crippen MR) is 70.6 cm³/mol. The largest absolute Gasteiger partial charge is 0.416 e. The van der Waals surface area contributed by atoms with Crippen molar-refractivity contribution in [2.24, 2.45) is 5.41 Å². The molecule has 1 spiro atoms. The number of rotatable bonds is 1. The van der Waals surface area contributed by atoms with Crippen molar-refractivity contribution in [3.63, 3.8) is 0 Å². The van der Waals surface area contributed by atoms with Crippen molar-refractivity contribution < 1.29 is 13.2 Å². The van der Waals surface area contributed by atoms with Gasteiger partial charge in [-0.3, -0.25) is 0 Å². The van der Waals surface area contributed by atoms with Gasteiger partial charge < -0.3 is 10.2 Å². The van der Waals surface area contributed by atoms with Gasteiger partial charge in [-0.1, -0.05) is 0 Å². The van der Waals surface area contributed by atoms with Crippen LogP contribution < -0.4 is 10.2 Å². The minimum Gasteiger partial charge on any atom is -0.356 e. The van der Waals surface area contributed by atoms with Gasteiger partial charge in [0.1, 0.15) is 5.82 Å². The summed E-state index contributed by atoms with van der Waals surface area (Å²) in [4.78, 5) is 6.12. The van der Waals surface area contributed by atoms with Gasteiger partial charge in [-0.2, -0.15) is 13.2 Å². The normalized spacial score (nSPS) is 22.4. The van der Waals surface area contributed by atoms with Gasteiger partial charge >= 0.3 is 6.18 Å². The summed E-state index contributed by atoms with van der Waals surface area (Å²) in [6.45, 7) is 3.63. The molecule has 0 aliphatic carbocycles. The van der Waals surface area contributed by atoms with Gasteiger partial charge in [0.15, 0.2) is 0 Å². The first-order valence-corrected chi connectivity index (χ1v) is 6.98. The van der Waals surface area contributed by atoms with Crippen LogP contribution >= 0.6 is 0 Å². The molecule has 0 saturated carbocycles. The molecule has 2 aliphatic rings. The van der Waals surface area contributed by atoms with Crippen molar-refractivity contribution in [3.8, 4) is 0 Å². The summed E-state index contributed by atoms with van der Waals surface area (Å²) >= 11 is 0. The molecule has 3 nitrogen and oxygen atoms in total. The Labute approximate surface area is 116 Å². The number of nitrogens with zero attached hydrogens (tertiary/aromatic N) is 2. The summed E-state index contributed by atoms with van der Waals surface area (Å²) in [6.07, 6.45) is 0.201. The summed E-state index contributed by atoms with van der Waals surface area (Å²) in [6, 6.07) is 2.19. The molecule has 2 saturated heterocycles. The Morgan fingerprint density at radius 2 is 1.95 bits per heavy atom. The lowest BCUT2D eigenvalue weighted by Gasteiger charge is -2.33. The topological polar surface area (TPSA) is 28.2 Å². The number of pyridine rings is 1. The van der Waals surface area contributed by atoms with Crippen LogP contribution in [0.25, 0.3) is 0 Å². The minimum absolute atomic E-state index is 0.265. The predicted octanol–water partition coefficient (Wildman–Crippen LogP) is 2.68.